The summed E-state index contributed by atoms with van der Waals surface area (Å²) in [5, 5.41) is 15.3. The summed E-state index contributed by atoms with van der Waals surface area (Å²) >= 11 is 3.36. The summed E-state index contributed by atoms with van der Waals surface area (Å²) in [5.41, 5.74) is 1.03. The van der Waals surface area contributed by atoms with E-state index in [1.54, 1.807) is 12.1 Å². The molecule has 3 rings (SSSR count). The van der Waals surface area contributed by atoms with Crippen LogP contribution in [0.4, 0.5) is 14.9 Å². The molecule has 0 aromatic heterocycles. The normalized spacial score (nSPS) is 13.9. The van der Waals surface area contributed by atoms with Gasteiger partial charge in [0, 0.05) is 23.2 Å². The van der Waals surface area contributed by atoms with Gasteiger partial charge in [0.15, 0.2) is 11.5 Å². The van der Waals surface area contributed by atoms with Crippen molar-refractivity contribution in [1.82, 2.24) is 5.32 Å². The molecular formula is C17H16BrFN2O4. The van der Waals surface area contributed by atoms with E-state index in [1.165, 1.54) is 24.3 Å². The molecule has 1 aliphatic rings. The number of amides is 2. The second-order valence-corrected chi connectivity index (χ2v) is 6.23. The lowest BCUT2D eigenvalue weighted by Crippen LogP contribution is -2.32. The number of fused-ring (bicyclic) bond motifs is 1. The summed E-state index contributed by atoms with van der Waals surface area (Å²) in [7, 11) is 0. The first kappa shape index (κ1) is 17.5. The van der Waals surface area contributed by atoms with Crippen LogP contribution in [0, 0.1) is 5.82 Å². The lowest BCUT2D eigenvalue weighted by molar-refractivity contribution is 0.171. The van der Waals surface area contributed by atoms with E-state index < -0.39 is 12.1 Å². The molecule has 2 aromatic carbocycles. The minimum atomic E-state index is -0.935. The van der Waals surface area contributed by atoms with Gasteiger partial charge in [0.05, 0.1) is 11.8 Å². The van der Waals surface area contributed by atoms with Crippen molar-refractivity contribution < 1.29 is 23.8 Å². The van der Waals surface area contributed by atoms with Gasteiger partial charge in [-0.3, -0.25) is 0 Å². The van der Waals surface area contributed by atoms with Crippen molar-refractivity contribution >= 4 is 27.6 Å². The Kier molecular flexibility index (Phi) is 5.40. The minimum Gasteiger partial charge on any atom is -0.486 e. The third-order valence-electron chi connectivity index (χ3n) is 3.59. The van der Waals surface area contributed by atoms with E-state index in [1.807, 2.05) is 0 Å². The van der Waals surface area contributed by atoms with E-state index in [4.69, 9.17) is 9.47 Å². The summed E-state index contributed by atoms with van der Waals surface area (Å²) in [6.07, 6.45) is -0.935. The Morgan fingerprint density at radius 2 is 1.84 bits per heavy atom. The number of anilines is 1. The van der Waals surface area contributed by atoms with Gasteiger partial charge >= 0.3 is 6.03 Å². The molecule has 25 heavy (non-hydrogen) atoms. The molecule has 2 amide bonds. The van der Waals surface area contributed by atoms with E-state index in [2.05, 4.69) is 26.6 Å². The molecule has 132 valence electrons. The second-order valence-electron chi connectivity index (χ2n) is 5.38. The number of carbonyl (C=O) groups excluding carboxylic acids is 1. The van der Waals surface area contributed by atoms with E-state index in [9.17, 15) is 14.3 Å². The number of nitrogens with one attached hydrogen (secondary N) is 2. The number of aliphatic hydroxyl groups is 1. The minimum absolute atomic E-state index is 0.0142. The Morgan fingerprint density at radius 3 is 2.52 bits per heavy atom. The molecule has 2 aromatic rings. The first-order valence-electron chi connectivity index (χ1n) is 7.60. The van der Waals surface area contributed by atoms with Crippen molar-refractivity contribution in [2.45, 2.75) is 6.10 Å². The maximum absolute atomic E-state index is 12.9. The van der Waals surface area contributed by atoms with Gasteiger partial charge in [-0.15, -0.1) is 0 Å². The zero-order valence-electron chi connectivity index (χ0n) is 13.1. The first-order valence-corrected chi connectivity index (χ1v) is 8.40. The van der Waals surface area contributed by atoms with Crippen LogP contribution in [0.2, 0.25) is 0 Å². The Hall–Kier alpha value is -2.32. The van der Waals surface area contributed by atoms with Crippen LogP contribution in [0.3, 0.4) is 0 Å². The van der Waals surface area contributed by atoms with Gasteiger partial charge in [0.1, 0.15) is 19.0 Å². The van der Waals surface area contributed by atoms with Gasteiger partial charge < -0.3 is 25.2 Å². The van der Waals surface area contributed by atoms with Crippen LogP contribution in [0.25, 0.3) is 0 Å². The highest BCUT2D eigenvalue weighted by molar-refractivity contribution is 9.10. The van der Waals surface area contributed by atoms with E-state index in [-0.39, 0.29) is 12.4 Å². The third kappa shape index (κ3) is 4.40. The zero-order valence-corrected chi connectivity index (χ0v) is 14.7. The first-order chi connectivity index (χ1) is 12.0. The summed E-state index contributed by atoms with van der Waals surface area (Å²) in [6, 6.07) is 8.34. The molecule has 0 radical (unpaired) electrons. The predicted octanol–water partition coefficient (Wildman–Crippen LogP) is 3.21. The standard InChI is InChI=1S/C17H16BrFN2O4/c18-12-7-15-16(25-6-5-24-15)8-13(12)21-17(23)20-9-14(22)10-1-3-11(19)4-2-10/h1-4,7-8,14,22H,5-6,9H2,(H2,20,21,23). The number of benzene rings is 2. The van der Waals surface area contributed by atoms with Gasteiger partial charge in [0.25, 0.3) is 0 Å². The average molecular weight is 411 g/mol. The molecule has 1 unspecified atom stereocenters. The maximum Gasteiger partial charge on any atom is 0.319 e. The number of hydrogen-bond donors (Lipinski definition) is 3. The summed E-state index contributed by atoms with van der Waals surface area (Å²) in [4.78, 5) is 12.0. The molecule has 0 fully saturated rings. The molecule has 6 nitrogen and oxygen atoms in total. The van der Waals surface area contributed by atoms with Gasteiger partial charge in [-0.2, -0.15) is 0 Å². The molecule has 1 atom stereocenters. The number of halogens is 2. The summed E-state index contributed by atoms with van der Waals surface area (Å²) < 4.78 is 24.5. The van der Waals surface area contributed by atoms with Crippen LogP contribution in [0.1, 0.15) is 11.7 Å². The lowest BCUT2D eigenvalue weighted by Gasteiger charge is -2.20. The molecule has 1 aliphatic heterocycles. The molecular weight excluding hydrogens is 395 g/mol. The molecule has 0 bridgehead atoms. The van der Waals surface area contributed by atoms with Crippen LogP contribution < -0.4 is 20.1 Å². The van der Waals surface area contributed by atoms with Gasteiger partial charge in [0.2, 0.25) is 0 Å². The predicted molar refractivity (Wildman–Crippen MR) is 93.5 cm³/mol. The van der Waals surface area contributed by atoms with E-state index in [0.29, 0.717) is 40.4 Å². The molecule has 0 spiro atoms. The van der Waals surface area contributed by atoms with Crippen LogP contribution in [-0.4, -0.2) is 30.9 Å². The Labute approximate surface area is 152 Å². The highest BCUT2D eigenvalue weighted by Gasteiger charge is 2.16. The highest BCUT2D eigenvalue weighted by Crippen LogP contribution is 2.38. The lowest BCUT2D eigenvalue weighted by atomic mass is 10.1. The summed E-state index contributed by atoms with van der Waals surface area (Å²) in [6.45, 7) is 0.914. The van der Waals surface area contributed by atoms with Crippen molar-refractivity contribution in [3.05, 3.63) is 52.3 Å². The molecule has 1 heterocycles. The Balaban J connectivity index is 1.58. The smallest absolute Gasteiger partial charge is 0.319 e. The fourth-order valence-corrected chi connectivity index (χ4v) is 2.74. The zero-order chi connectivity index (χ0) is 17.8. The number of ether oxygens (including phenoxy) is 2. The Bertz CT molecular complexity index is 770. The van der Waals surface area contributed by atoms with Gasteiger partial charge in [-0.25, -0.2) is 9.18 Å². The van der Waals surface area contributed by atoms with Crippen molar-refractivity contribution in [3.8, 4) is 11.5 Å². The molecule has 8 heteroatoms. The number of hydrogen-bond acceptors (Lipinski definition) is 4. The van der Waals surface area contributed by atoms with Crippen LogP contribution in [0.5, 0.6) is 11.5 Å². The molecule has 3 N–H and O–H groups in total. The summed E-state index contributed by atoms with van der Waals surface area (Å²) in [5.74, 6) is 0.775. The van der Waals surface area contributed by atoms with Crippen molar-refractivity contribution in [2.75, 3.05) is 25.1 Å². The fourth-order valence-electron chi connectivity index (χ4n) is 2.32. The number of aliphatic hydroxyl groups excluding tert-OH is 1. The topological polar surface area (TPSA) is 79.8 Å². The monoisotopic (exact) mass is 410 g/mol. The molecule has 0 saturated heterocycles. The number of rotatable bonds is 4. The van der Waals surface area contributed by atoms with Crippen molar-refractivity contribution in [3.63, 3.8) is 0 Å². The Morgan fingerprint density at radius 1 is 1.20 bits per heavy atom. The average Bonchev–Trinajstić information content (AvgIpc) is 2.61. The number of carbonyl (C=O) groups is 1. The maximum atomic E-state index is 12.9. The fraction of sp³-hybridized carbons (Fsp3) is 0.235. The van der Waals surface area contributed by atoms with E-state index in [0.717, 1.165) is 0 Å². The number of urea groups is 1. The van der Waals surface area contributed by atoms with Crippen LogP contribution in [0.15, 0.2) is 40.9 Å². The van der Waals surface area contributed by atoms with Crippen molar-refractivity contribution in [2.24, 2.45) is 0 Å². The third-order valence-corrected chi connectivity index (χ3v) is 4.25. The highest BCUT2D eigenvalue weighted by atomic mass is 79.9. The van der Waals surface area contributed by atoms with E-state index >= 15 is 0 Å². The largest absolute Gasteiger partial charge is 0.486 e. The van der Waals surface area contributed by atoms with Crippen LogP contribution >= 0.6 is 15.9 Å². The second kappa shape index (κ2) is 7.71. The quantitative estimate of drug-likeness (QED) is 0.722. The molecule has 0 saturated carbocycles. The van der Waals surface area contributed by atoms with Crippen molar-refractivity contribution in [1.29, 1.82) is 0 Å². The van der Waals surface area contributed by atoms with Crippen LogP contribution in [-0.2, 0) is 0 Å². The van der Waals surface area contributed by atoms with Gasteiger partial charge in [-0.05, 0) is 33.6 Å². The van der Waals surface area contributed by atoms with Gasteiger partial charge in [-0.1, -0.05) is 12.1 Å². The molecule has 0 aliphatic carbocycles. The SMILES string of the molecule is O=C(NCC(O)c1ccc(F)cc1)Nc1cc2c(cc1Br)OCCO2.